The molecule has 4 aromatic rings. The van der Waals surface area contributed by atoms with Crippen LogP contribution in [0.15, 0.2) is 48.2 Å². The molecule has 0 amide bonds. The number of allylic oxidation sites excluding steroid dienone is 1. The number of alkyl halides is 1. The highest BCUT2D eigenvalue weighted by Gasteiger charge is 2.25. The number of benzene rings is 2. The Morgan fingerprint density at radius 3 is 2.86 bits per heavy atom. The summed E-state index contributed by atoms with van der Waals surface area (Å²) in [5, 5.41) is 4.40. The number of halogens is 1. The zero-order valence-corrected chi connectivity index (χ0v) is 19.6. The average Bonchev–Trinajstić information content (AvgIpc) is 3.55. The molecule has 3 heterocycles. The molecule has 1 saturated heterocycles. The monoisotopic (exact) mass is 470 g/mol. The number of rotatable bonds is 5. The van der Waals surface area contributed by atoms with E-state index >= 15 is 0 Å². The Hall–Kier alpha value is -3.78. The first-order valence-electron chi connectivity index (χ1n) is 12.0. The van der Waals surface area contributed by atoms with Gasteiger partial charge in [-0.25, -0.2) is 14.1 Å². The minimum Gasteiger partial charge on any atom is -0.383 e. The summed E-state index contributed by atoms with van der Waals surface area (Å²) < 4.78 is 15.0. The number of fused-ring (bicyclic) bond motifs is 2. The van der Waals surface area contributed by atoms with Crippen molar-refractivity contribution in [3.05, 3.63) is 76.2 Å². The number of piperidine rings is 1. The van der Waals surface area contributed by atoms with E-state index < -0.39 is 6.17 Å². The van der Waals surface area contributed by atoms with Gasteiger partial charge in [0.15, 0.2) is 5.78 Å². The number of Topliss-reactive ketones (excluding diaryl/α,β-unsaturated/α-hetero) is 1. The Morgan fingerprint density at radius 1 is 1.20 bits per heavy atom. The predicted molar refractivity (Wildman–Crippen MR) is 134 cm³/mol. The largest absolute Gasteiger partial charge is 0.383 e. The number of aromatic nitrogens is 4. The lowest BCUT2D eigenvalue weighted by molar-refractivity contribution is 0.103. The Labute approximate surface area is 202 Å². The fourth-order valence-electron chi connectivity index (χ4n) is 5.13. The number of ketones is 1. The number of nitrogens with two attached hydrogens (primary N) is 1. The molecule has 1 aliphatic carbocycles. The third-order valence-corrected chi connectivity index (χ3v) is 7.01. The number of nitrogens with one attached hydrogen (secondary N) is 1. The number of aromatic amines is 1. The van der Waals surface area contributed by atoms with Crippen molar-refractivity contribution in [3.63, 3.8) is 0 Å². The number of nitrogens with zero attached hydrogens (tertiary/aromatic N) is 4. The lowest BCUT2D eigenvalue weighted by Gasteiger charge is -2.28. The van der Waals surface area contributed by atoms with E-state index in [9.17, 15) is 9.18 Å². The molecule has 35 heavy (non-hydrogen) atoms. The third kappa shape index (κ3) is 4.04. The van der Waals surface area contributed by atoms with Gasteiger partial charge in [-0.05, 0) is 60.7 Å². The molecule has 2 aromatic carbocycles. The number of nitrogen functional groups attached to an aromatic ring is 1. The predicted octanol–water partition coefficient (Wildman–Crippen LogP) is 4.40. The van der Waals surface area contributed by atoms with Crippen molar-refractivity contribution in [1.29, 1.82) is 0 Å². The molecule has 0 bridgehead atoms. The lowest BCUT2D eigenvalue weighted by atomic mass is 10.0. The zero-order valence-electron chi connectivity index (χ0n) is 19.6. The van der Waals surface area contributed by atoms with Crippen molar-refractivity contribution in [2.45, 2.75) is 38.9 Å². The molecule has 0 atom stereocenters. The second-order valence-corrected chi connectivity index (χ2v) is 9.54. The summed E-state index contributed by atoms with van der Waals surface area (Å²) in [6.07, 6.45) is 4.61. The van der Waals surface area contributed by atoms with Crippen LogP contribution >= 0.6 is 0 Å². The van der Waals surface area contributed by atoms with Gasteiger partial charge in [-0.15, -0.1) is 0 Å². The number of carbonyl (C=O) groups is 1. The molecule has 3 N–H and O–H groups in total. The van der Waals surface area contributed by atoms with Crippen molar-refractivity contribution < 1.29 is 9.18 Å². The second-order valence-electron chi connectivity index (χ2n) is 9.54. The van der Waals surface area contributed by atoms with Crippen LogP contribution in [0.3, 0.4) is 0 Å². The van der Waals surface area contributed by atoms with Gasteiger partial charge >= 0.3 is 0 Å². The summed E-state index contributed by atoms with van der Waals surface area (Å²) in [4.78, 5) is 23.3. The molecule has 1 aliphatic heterocycles. The Kier molecular flexibility index (Phi) is 5.25. The molecular formula is C27H27FN6O. The fraction of sp³-hybridized carbons (Fsp3) is 0.296. The molecule has 0 spiro atoms. The molecule has 178 valence electrons. The van der Waals surface area contributed by atoms with Gasteiger partial charge in [-0.1, -0.05) is 18.2 Å². The van der Waals surface area contributed by atoms with Crippen LogP contribution in [0.4, 0.5) is 10.2 Å². The SMILES string of the molecule is Cc1nc2ccc(-n3ncc(C(=O)C4=Cc5ccc(CN6CCC(F)CC6)cc5C4)c3N)cc2[nH]1. The van der Waals surface area contributed by atoms with Gasteiger partial charge in [-0.3, -0.25) is 9.69 Å². The number of aryl methyl sites for hydroxylation is 1. The van der Waals surface area contributed by atoms with E-state index in [1.807, 2.05) is 31.2 Å². The molecule has 0 unspecified atom stereocenters. The molecule has 8 heteroatoms. The highest BCUT2D eigenvalue weighted by Crippen LogP contribution is 2.31. The summed E-state index contributed by atoms with van der Waals surface area (Å²) in [7, 11) is 0. The van der Waals surface area contributed by atoms with Crippen LogP contribution in [0, 0.1) is 6.92 Å². The van der Waals surface area contributed by atoms with Crippen molar-refractivity contribution in [2.75, 3.05) is 18.8 Å². The van der Waals surface area contributed by atoms with Crippen molar-refractivity contribution >= 4 is 28.7 Å². The van der Waals surface area contributed by atoms with Crippen LogP contribution < -0.4 is 5.73 Å². The number of likely N-dealkylation sites (tertiary alicyclic amines) is 1. The fourth-order valence-corrected chi connectivity index (χ4v) is 5.13. The first-order chi connectivity index (χ1) is 16.9. The molecule has 6 rings (SSSR count). The molecule has 7 nitrogen and oxygen atoms in total. The maximum absolute atomic E-state index is 13.4. The number of H-pyrrole nitrogens is 1. The summed E-state index contributed by atoms with van der Waals surface area (Å²) in [6.45, 7) is 4.29. The van der Waals surface area contributed by atoms with Crippen LogP contribution in [-0.2, 0) is 13.0 Å². The van der Waals surface area contributed by atoms with E-state index in [0.29, 0.717) is 36.2 Å². The van der Waals surface area contributed by atoms with Crippen molar-refractivity contribution in [2.24, 2.45) is 0 Å². The van der Waals surface area contributed by atoms with E-state index in [1.54, 1.807) is 10.9 Å². The van der Waals surface area contributed by atoms with E-state index in [4.69, 9.17) is 5.73 Å². The van der Waals surface area contributed by atoms with Gasteiger partial charge in [0.05, 0.1) is 28.5 Å². The highest BCUT2D eigenvalue weighted by molar-refractivity contribution is 6.15. The quantitative estimate of drug-likeness (QED) is 0.422. The molecule has 0 radical (unpaired) electrons. The Morgan fingerprint density at radius 2 is 2.03 bits per heavy atom. The maximum atomic E-state index is 13.4. The summed E-state index contributed by atoms with van der Waals surface area (Å²) in [6, 6.07) is 12.1. The topological polar surface area (TPSA) is 92.8 Å². The van der Waals surface area contributed by atoms with Gasteiger partial charge < -0.3 is 10.7 Å². The average molecular weight is 471 g/mol. The second kappa shape index (κ2) is 8.46. The molecule has 1 fully saturated rings. The minimum absolute atomic E-state index is 0.102. The number of anilines is 1. The Bertz CT molecular complexity index is 1470. The first-order valence-corrected chi connectivity index (χ1v) is 12.0. The maximum Gasteiger partial charge on any atom is 0.194 e. The van der Waals surface area contributed by atoms with Gasteiger partial charge in [0.1, 0.15) is 17.8 Å². The van der Waals surface area contributed by atoms with E-state index in [-0.39, 0.29) is 5.78 Å². The summed E-state index contributed by atoms with van der Waals surface area (Å²) in [5.41, 5.74) is 13.4. The number of hydrogen-bond acceptors (Lipinski definition) is 5. The number of carbonyl (C=O) groups excluding carboxylic acids is 1. The van der Waals surface area contributed by atoms with E-state index in [1.165, 1.54) is 5.56 Å². The normalized spacial score (nSPS) is 16.6. The van der Waals surface area contributed by atoms with E-state index in [2.05, 4.69) is 38.2 Å². The van der Waals surface area contributed by atoms with Gasteiger partial charge in [0.2, 0.25) is 0 Å². The molecule has 2 aliphatic rings. The number of imidazole rings is 1. The van der Waals surface area contributed by atoms with Crippen LogP contribution in [-0.4, -0.2) is 49.7 Å². The summed E-state index contributed by atoms with van der Waals surface area (Å²) >= 11 is 0. The molecule has 2 aromatic heterocycles. The first kappa shape index (κ1) is 21.7. The minimum atomic E-state index is -0.668. The van der Waals surface area contributed by atoms with Crippen LogP contribution in [0.25, 0.3) is 22.8 Å². The standard InChI is InChI=1S/C27H27FN6O/c1-16-31-24-5-4-22(13-25(24)32-16)34-27(29)23(14-30-34)26(35)20-11-18-3-2-17(10-19(18)12-20)15-33-8-6-21(28)7-9-33/h2-5,10-11,13-14,21H,6-9,12,15,29H2,1H3,(H,31,32). The Balaban J connectivity index is 1.19. The van der Waals surface area contributed by atoms with Crippen molar-refractivity contribution in [1.82, 2.24) is 24.6 Å². The third-order valence-electron chi connectivity index (χ3n) is 7.01. The lowest BCUT2D eigenvalue weighted by Crippen LogP contribution is -2.33. The smallest absolute Gasteiger partial charge is 0.194 e. The van der Waals surface area contributed by atoms with Gasteiger partial charge in [0.25, 0.3) is 0 Å². The van der Waals surface area contributed by atoms with Crippen LogP contribution in [0.5, 0.6) is 0 Å². The molecular weight excluding hydrogens is 443 g/mol. The highest BCUT2D eigenvalue weighted by atomic mass is 19.1. The zero-order chi connectivity index (χ0) is 24.1. The number of hydrogen-bond donors (Lipinski definition) is 2. The summed E-state index contributed by atoms with van der Waals surface area (Å²) in [5.74, 6) is 1.05. The van der Waals surface area contributed by atoms with E-state index in [0.717, 1.165) is 53.3 Å². The van der Waals surface area contributed by atoms with Crippen LogP contribution in [0.2, 0.25) is 0 Å². The molecule has 0 saturated carbocycles. The van der Waals surface area contributed by atoms with Gasteiger partial charge in [-0.2, -0.15) is 5.10 Å². The van der Waals surface area contributed by atoms with Gasteiger partial charge in [0, 0.05) is 31.6 Å². The van der Waals surface area contributed by atoms with Crippen molar-refractivity contribution in [3.8, 4) is 5.69 Å². The van der Waals surface area contributed by atoms with Crippen LogP contribution in [0.1, 0.15) is 45.7 Å².